The monoisotopic (exact) mass is 393 g/mol. The summed E-state index contributed by atoms with van der Waals surface area (Å²) >= 11 is 13.6. The fourth-order valence-corrected chi connectivity index (χ4v) is 3.56. The van der Waals surface area contributed by atoms with Gasteiger partial charge in [-0.05, 0) is 36.8 Å². The van der Waals surface area contributed by atoms with Gasteiger partial charge in [-0.1, -0.05) is 53.2 Å². The molecule has 0 unspecified atom stereocenters. The lowest BCUT2D eigenvalue weighted by Crippen LogP contribution is -1.99. The zero-order valence-electron chi connectivity index (χ0n) is 13.9. The first-order valence-electron chi connectivity index (χ1n) is 7.78. The number of nitrogens with zero attached hydrogens (tertiary/aromatic N) is 3. The lowest BCUT2D eigenvalue weighted by molar-refractivity contribution is 0.341. The predicted molar refractivity (Wildman–Crippen MR) is 104 cm³/mol. The summed E-state index contributed by atoms with van der Waals surface area (Å²) in [6.45, 7) is 2.57. The van der Waals surface area contributed by atoms with Crippen molar-refractivity contribution in [2.45, 2.75) is 17.8 Å². The molecule has 0 atom stereocenters. The zero-order valence-corrected chi connectivity index (χ0v) is 16.2. The molecule has 0 saturated heterocycles. The Morgan fingerprint density at radius 3 is 2.64 bits per heavy atom. The Morgan fingerprint density at radius 2 is 1.88 bits per heavy atom. The molecule has 0 amide bonds. The van der Waals surface area contributed by atoms with Gasteiger partial charge in [0, 0.05) is 12.8 Å². The van der Waals surface area contributed by atoms with Crippen LogP contribution in [-0.4, -0.2) is 21.4 Å². The predicted octanol–water partition coefficient (Wildman–Crippen LogP) is 5.48. The summed E-state index contributed by atoms with van der Waals surface area (Å²) in [6, 6.07) is 13.5. The van der Waals surface area contributed by atoms with E-state index in [-0.39, 0.29) is 0 Å². The summed E-state index contributed by atoms with van der Waals surface area (Å²) < 4.78 is 7.67. The molecule has 25 heavy (non-hydrogen) atoms. The van der Waals surface area contributed by atoms with E-state index >= 15 is 0 Å². The van der Waals surface area contributed by atoms with E-state index in [2.05, 4.69) is 10.2 Å². The van der Waals surface area contributed by atoms with Crippen LogP contribution in [0.15, 0.2) is 47.6 Å². The molecule has 2 aromatic carbocycles. The molecule has 0 saturated carbocycles. The number of ether oxygens (including phenoxy) is 1. The van der Waals surface area contributed by atoms with Crippen LogP contribution in [0.2, 0.25) is 10.0 Å². The van der Waals surface area contributed by atoms with Crippen LogP contribution in [0, 0.1) is 0 Å². The molecule has 0 bridgehead atoms. The highest BCUT2D eigenvalue weighted by atomic mass is 35.5. The van der Waals surface area contributed by atoms with E-state index in [4.69, 9.17) is 27.9 Å². The molecule has 0 N–H and O–H groups in total. The SMILES string of the molecule is CCOc1ccccc1-c1nnc(SCc2ccc(Cl)c(Cl)c2)n1C. The van der Waals surface area contributed by atoms with Gasteiger partial charge in [0.25, 0.3) is 0 Å². The fraction of sp³-hybridized carbons (Fsp3) is 0.222. The topological polar surface area (TPSA) is 39.9 Å². The van der Waals surface area contributed by atoms with Crippen molar-refractivity contribution < 1.29 is 4.74 Å². The van der Waals surface area contributed by atoms with Gasteiger partial charge in [0.1, 0.15) is 5.75 Å². The Hall–Kier alpha value is -1.69. The second kappa shape index (κ2) is 8.13. The summed E-state index contributed by atoms with van der Waals surface area (Å²) in [6.07, 6.45) is 0. The number of hydrogen-bond donors (Lipinski definition) is 0. The first kappa shape index (κ1) is 18.1. The average molecular weight is 394 g/mol. The van der Waals surface area contributed by atoms with Crippen molar-refractivity contribution in [2.24, 2.45) is 7.05 Å². The second-order valence-electron chi connectivity index (χ2n) is 5.33. The van der Waals surface area contributed by atoms with E-state index in [1.807, 2.05) is 54.9 Å². The maximum absolute atomic E-state index is 6.07. The Labute approximate surface area is 161 Å². The number of thioether (sulfide) groups is 1. The van der Waals surface area contributed by atoms with Crippen LogP contribution in [-0.2, 0) is 12.8 Å². The largest absolute Gasteiger partial charge is 0.493 e. The molecule has 0 aliphatic rings. The molecule has 0 fully saturated rings. The normalized spacial score (nSPS) is 10.9. The highest BCUT2D eigenvalue weighted by Gasteiger charge is 2.15. The highest BCUT2D eigenvalue weighted by Crippen LogP contribution is 2.32. The van der Waals surface area contributed by atoms with Gasteiger partial charge in [0.05, 0.1) is 22.2 Å². The van der Waals surface area contributed by atoms with Crippen molar-refractivity contribution in [3.8, 4) is 17.1 Å². The van der Waals surface area contributed by atoms with Crippen LogP contribution in [0.1, 0.15) is 12.5 Å². The van der Waals surface area contributed by atoms with E-state index in [0.717, 1.165) is 33.6 Å². The first-order chi connectivity index (χ1) is 12.1. The maximum Gasteiger partial charge on any atom is 0.191 e. The van der Waals surface area contributed by atoms with Crippen LogP contribution >= 0.6 is 35.0 Å². The summed E-state index contributed by atoms with van der Waals surface area (Å²) in [5, 5.41) is 10.6. The summed E-state index contributed by atoms with van der Waals surface area (Å²) in [5.74, 6) is 2.32. The number of halogens is 2. The van der Waals surface area contributed by atoms with E-state index < -0.39 is 0 Å². The lowest BCUT2D eigenvalue weighted by atomic mass is 10.2. The lowest BCUT2D eigenvalue weighted by Gasteiger charge is -2.09. The van der Waals surface area contributed by atoms with Gasteiger partial charge < -0.3 is 9.30 Å². The van der Waals surface area contributed by atoms with Gasteiger partial charge in [-0.15, -0.1) is 10.2 Å². The molecule has 3 aromatic rings. The van der Waals surface area contributed by atoms with Crippen molar-refractivity contribution in [1.82, 2.24) is 14.8 Å². The number of para-hydroxylation sites is 1. The van der Waals surface area contributed by atoms with E-state index in [1.165, 1.54) is 0 Å². The molecule has 130 valence electrons. The van der Waals surface area contributed by atoms with Crippen molar-refractivity contribution in [2.75, 3.05) is 6.61 Å². The number of hydrogen-bond acceptors (Lipinski definition) is 4. The molecule has 0 aliphatic carbocycles. The molecule has 1 aromatic heterocycles. The third-order valence-electron chi connectivity index (χ3n) is 3.61. The van der Waals surface area contributed by atoms with Gasteiger partial charge in [-0.25, -0.2) is 0 Å². The molecule has 0 spiro atoms. The van der Waals surface area contributed by atoms with Gasteiger partial charge in [-0.3, -0.25) is 0 Å². The minimum Gasteiger partial charge on any atom is -0.493 e. The minimum atomic E-state index is 0.559. The second-order valence-corrected chi connectivity index (χ2v) is 7.09. The van der Waals surface area contributed by atoms with Crippen LogP contribution < -0.4 is 4.74 Å². The van der Waals surface area contributed by atoms with E-state index in [9.17, 15) is 0 Å². The Balaban J connectivity index is 1.80. The van der Waals surface area contributed by atoms with Crippen molar-refractivity contribution >= 4 is 35.0 Å². The van der Waals surface area contributed by atoms with Gasteiger partial charge in [0.15, 0.2) is 11.0 Å². The van der Waals surface area contributed by atoms with Crippen molar-refractivity contribution in [3.05, 3.63) is 58.1 Å². The molecule has 7 heteroatoms. The summed E-state index contributed by atoms with van der Waals surface area (Å²) in [5.41, 5.74) is 2.01. The standard InChI is InChI=1S/C18H17Cl2N3OS/c1-3-24-16-7-5-4-6-13(16)17-21-22-18(23(17)2)25-11-12-8-9-14(19)15(20)10-12/h4-10H,3,11H2,1-2H3. The number of aromatic nitrogens is 3. The zero-order chi connectivity index (χ0) is 17.8. The summed E-state index contributed by atoms with van der Waals surface area (Å²) in [7, 11) is 1.95. The van der Waals surface area contributed by atoms with Crippen LogP contribution in [0.3, 0.4) is 0 Å². The van der Waals surface area contributed by atoms with Gasteiger partial charge >= 0.3 is 0 Å². The minimum absolute atomic E-state index is 0.559. The average Bonchev–Trinajstić information content (AvgIpc) is 2.97. The Kier molecular flexibility index (Phi) is 5.89. The van der Waals surface area contributed by atoms with Crippen molar-refractivity contribution in [3.63, 3.8) is 0 Å². The maximum atomic E-state index is 6.07. The third-order valence-corrected chi connectivity index (χ3v) is 5.45. The molecule has 1 heterocycles. The number of rotatable bonds is 6. The van der Waals surface area contributed by atoms with Gasteiger partial charge in [0.2, 0.25) is 0 Å². The number of benzene rings is 2. The fourth-order valence-electron chi connectivity index (χ4n) is 2.39. The van der Waals surface area contributed by atoms with Gasteiger partial charge in [-0.2, -0.15) is 0 Å². The molecule has 4 nitrogen and oxygen atoms in total. The van der Waals surface area contributed by atoms with E-state index in [1.54, 1.807) is 17.8 Å². The Bertz CT molecular complexity index is 883. The van der Waals surface area contributed by atoms with E-state index in [0.29, 0.717) is 16.7 Å². The smallest absolute Gasteiger partial charge is 0.191 e. The van der Waals surface area contributed by atoms with Crippen LogP contribution in [0.5, 0.6) is 5.75 Å². The first-order valence-corrected chi connectivity index (χ1v) is 9.52. The van der Waals surface area contributed by atoms with Crippen LogP contribution in [0.25, 0.3) is 11.4 Å². The van der Waals surface area contributed by atoms with Crippen molar-refractivity contribution in [1.29, 1.82) is 0 Å². The third kappa shape index (κ3) is 4.11. The molecular weight excluding hydrogens is 377 g/mol. The summed E-state index contributed by atoms with van der Waals surface area (Å²) in [4.78, 5) is 0. The molecule has 0 radical (unpaired) electrons. The molecular formula is C18H17Cl2N3OS. The Morgan fingerprint density at radius 1 is 1.08 bits per heavy atom. The van der Waals surface area contributed by atoms with Crippen LogP contribution in [0.4, 0.5) is 0 Å². The highest BCUT2D eigenvalue weighted by molar-refractivity contribution is 7.98. The quantitative estimate of drug-likeness (QED) is 0.519. The molecule has 3 rings (SSSR count). The molecule has 0 aliphatic heterocycles.